The highest BCUT2D eigenvalue weighted by molar-refractivity contribution is 6.31. The number of carbonyl (C=O) groups excluding carboxylic acids is 1. The van der Waals surface area contributed by atoms with Crippen LogP contribution in [-0.4, -0.2) is 37.8 Å². The third-order valence-corrected chi connectivity index (χ3v) is 3.48. The van der Waals surface area contributed by atoms with Crippen molar-refractivity contribution in [3.8, 4) is 0 Å². The number of halogens is 1. The van der Waals surface area contributed by atoms with Gasteiger partial charge < -0.3 is 20.5 Å². The molecule has 5 nitrogen and oxygen atoms in total. The fourth-order valence-electron chi connectivity index (χ4n) is 2.09. The minimum atomic E-state index is -0.491. The van der Waals surface area contributed by atoms with Gasteiger partial charge in [-0.25, -0.2) is 0 Å². The van der Waals surface area contributed by atoms with Gasteiger partial charge in [-0.15, -0.1) is 0 Å². The lowest BCUT2D eigenvalue weighted by atomic mass is 10.1. The number of benzene rings is 1. The summed E-state index contributed by atoms with van der Waals surface area (Å²) in [7, 11) is 0. The highest BCUT2D eigenvalue weighted by Crippen LogP contribution is 2.19. The fourth-order valence-corrected chi connectivity index (χ4v) is 2.32. The van der Waals surface area contributed by atoms with Crippen LogP contribution in [-0.2, 0) is 16.1 Å². The van der Waals surface area contributed by atoms with E-state index in [0.29, 0.717) is 23.8 Å². The van der Waals surface area contributed by atoms with E-state index >= 15 is 0 Å². The predicted molar refractivity (Wildman–Crippen MR) is 76.8 cm³/mol. The number of nitrogens with one attached hydrogen (secondary N) is 1. The van der Waals surface area contributed by atoms with E-state index in [2.05, 4.69) is 5.32 Å². The molecule has 110 valence electrons. The Morgan fingerprint density at radius 3 is 3.00 bits per heavy atom. The Hall–Kier alpha value is -1.14. The molecule has 0 radical (unpaired) electrons. The van der Waals surface area contributed by atoms with Gasteiger partial charge in [0, 0.05) is 23.7 Å². The van der Waals surface area contributed by atoms with E-state index in [1.807, 2.05) is 6.92 Å². The lowest BCUT2D eigenvalue weighted by molar-refractivity contribution is -0.0716. The fraction of sp³-hybridized carbons (Fsp3) is 0.500. The van der Waals surface area contributed by atoms with Crippen LogP contribution in [0.4, 0.5) is 0 Å². The summed E-state index contributed by atoms with van der Waals surface area (Å²) in [5, 5.41) is 3.77. The SMILES string of the molecule is CC1CNCC(COCc2ccc(C(N)=O)cc2Cl)O1. The molecule has 0 aromatic heterocycles. The number of amides is 1. The van der Waals surface area contributed by atoms with Gasteiger partial charge in [0.15, 0.2) is 0 Å². The zero-order valence-corrected chi connectivity index (χ0v) is 12.2. The first-order valence-electron chi connectivity index (χ1n) is 6.58. The first-order valence-corrected chi connectivity index (χ1v) is 6.96. The van der Waals surface area contributed by atoms with Crippen molar-refractivity contribution in [1.29, 1.82) is 0 Å². The first kappa shape index (κ1) is 15.3. The molecule has 6 heteroatoms. The van der Waals surface area contributed by atoms with Crippen molar-refractivity contribution in [2.24, 2.45) is 5.73 Å². The second kappa shape index (κ2) is 7.04. The number of carbonyl (C=O) groups is 1. The van der Waals surface area contributed by atoms with Crippen LogP contribution < -0.4 is 11.1 Å². The number of ether oxygens (including phenoxy) is 2. The molecular formula is C14H19ClN2O3. The van der Waals surface area contributed by atoms with Gasteiger partial charge in [0.2, 0.25) is 5.91 Å². The Labute approximate surface area is 123 Å². The number of hydrogen-bond acceptors (Lipinski definition) is 4. The molecule has 1 heterocycles. The Morgan fingerprint density at radius 2 is 2.35 bits per heavy atom. The third-order valence-electron chi connectivity index (χ3n) is 3.13. The average Bonchev–Trinajstić information content (AvgIpc) is 2.40. The molecule has 0 spiro atoms. The second-order valence-electron chi connectivity index (χ2n) is 4.91. The van der Waals surface area contributed by atoms with E-state index in [0.717, 1.165) is 18.7 Å². The molecule has 1 saturated heterocycles. The summed E-state index contributed by atoms with van der Waals surface area (Å²) in [6.45, 7) is 4.57. The van der Waals surface area contributed by atoms with Crippen LogP contribution in [0.25, 0.3) is 0 Å². The summed E-state index contributed by atoms with van der Waals surface area (Å²) >= 11 is 6.09. The Bertz CT molecular complexity index is 481. The topological polar surface area (TPSA) is 73.6 Å². The van der Waals surface area contributed by atoms with E-state index in [1.165, 1.54) is 0 Å². The molecule has 0 saturated carbocycles. The minimum absolute atomic E-state index is 0.0578. The van der Waals surface area contributed by atoms with Crippen LogP contribution in [0.2, 0.25) is 5.02 Å². The zero-order valence-electron chi connectivity index (χ0n) is 11.4. The molecule has 20 heavy (non-hydrogen) atoms. The minimum Gasteiger partial charge on any atom is -0.374 e. The normalized spacial score (nSPS) is 22.7. The number of hydrogen-bond donors (Lipinski definition) is 2. The molecule has 1 aliphatic rings. The lowest BCUT2D eigenvalue weighted by Crippen LogP contribution is -2.45. The Kier molecular flexibility index (Phi) is 5.37. The highest BCUT2D eigenvalue weighted by Gasteiger charge is 2.18. The van der Waals surface area contributed by atoms with Crippen LogP contribution in [0.3, 0.4) is 0 Å². The van der Waals surface area contributed by atoms with Gasteiger partial charge in [0.1, 0.15) is 0 Å². The van der Waals surface area contributed by atoms with Crippen molar-refractivity contribution in [3.63, 3.8) is 0 Å². The highest BCUT2D eigenvalue weighted by atomic mass is 35.5. The molecule has 0 bridgehead atoms. The summed E-state index contributed by atoms with van der Waals surface area (Å²) in [4.78, 5) is 11.0. The van der Waals surface area contributed by atoms with Crippen molar-refractivity contribution in [1.82, 2.24) is 5.32 Å². The van der Waals surface area contributed by atoms with Crippen LogP contribution in [0.5, 0.6) is 0 Å². The molecule has 2 atom stereocenters. The maximum atomic E-state index is 11.0. The van der Waals surface area contributed by atoms with E-state index in [1.54, 1.807) is 18.2 Å². The zero-order chi connectivity index (χ0) is 14.5. The van der Waals surface area contributed by atoms with Gasteiger partial charge in [-0.05, 0) is 24.6 Å². The maximum Gasteiger partial charge on any atom is 0.248 e. The molecule has 1 fully saturated rings. The van der Waals surface area contributed by atoms with E-state index in [9.17, 15) is 4.79 Å². The van der Waals surface area contributed by atoms with Crippen molar-refractivity contribution < 1.29 is 14.3 Å². The maximum absolute atomic E-state index is 11.0. The van der Waals surface area contributed by atoms with Gasteiger partial charge in [-0.3, -0.25) is 4.79 Å². The van der Waals surface area contributed by atoms with E-state index < -0.39 is 5.91 Å². The molecule has 0 aliphatic carbocycles. The standard InChI is InChI=1S/C14H19ClN2O3/c1-9-5-17-6-12(20-9)8-19-7-11-3-2-10(14(16)18)4-13(11)15/h2-4,9,12,17H,5-8H2,1H3,(H2,16,18). The van der Waals surface area contributed by atoms with Crippen LogP contribution in [0.15, 0.2) is 18.2 Å². The van der Waals surface area contributed by atoms with Gasteiger partial charge in [0.25, 0.3) is 0 Å². The lowest BCUT2D eigenvalue weighted by Gasteiger charge is -2.28. The van der Waals surface area contributed by atoms with E-state index in [-0.39, 0.29) is 12.2 Å². The summed E-state index contributed by atoms with van der Waals surface area (Å²) in [5.41, 5.74) is 6.41. The third kappa shape index (κ3) is 4.18. The molecular weight excluding hydrogens is 280 g/mol. The van der Waals surface area contributed by atoms with Crippen LogP contribution in [0, 0.1) is 0 Å². The van der Waals surface area contributed by atoms with Gasteiger partial charge >= 0.3 is 0 Å². The number of rotatable bonds is 5. The monoisotopic (exact) mass is 298 g/mol. The average molecular weight is 299 g/mol. The first-order chi connectivity index (χ1) is 9.56. The van der Waals surface area contributed by atoms with Crippen molar-refractivity contribution in [2.75, 3.05) is 19.7 Å². The smallest absolute Gasteiger partial charge is 0.248 e. The molecule has 1 aromatic carbocycles. The molecule has 1 amide bonds. The summed E-state index contributed by atoms with van der Waals surface area (Å²) < 4.78 is 11.3. The Balaban J connectivity index is 1.83. The van der Waals surface area contributed by atoms with Crippen LogP contribution in [0.1, 0.15) is 22.8 Å². The predicted octanol–water partition coefficient (Wildman–Crippen LogP) is 1.33. The number of morpholine rings is 1. The van der Waals surface area contributed by atoms with Gasteiger partial charge in [-0.2, -0.15) is 0 Å². The largest absolute Gasteiger partial charge is 0.374 e. The van der Waals surface area contributed by atoms with Gasteiger partial charge in [-0.1, -0.05) is 17.7 Å². The van der Waals surface area contributed by atoms with Crippen molar-refractivity contribution in [2.45, 2.75) is 25.7 Å². The molecule has 3 N–H and O–H groups in total. The quantitative estimate of drug-likeness (QED) is 0.860. The molecule has 1 aliphatic heterocycles. The molecule has 2 unspecified atom stereocenters. The number of nitrogens with two attached hydrogens (primary N) is 1. The van der Waals surface area contributed by atoms with E-state index in [4.69, 9.17) is 26.8 Å². The Morgan fingerprint density at radius 1 is 1.55 bits per heavy atom. The molecule has 1 aromatic rings. The van der Waals surface area contributed by atoms with Gasteiger partial charge in [0.05, 0.1) is 25.4 Å². The number of primary amides is 1. The summed E-state index contributed by atoms with van der Waals surface area (Å²) in [5.74, 6) is -0.491. The van der Waals surface area contributed by atoms with Crippen molar-refractivity contribution >= 4 is 17.5 Å². The van der Waals surface area contributed by atoms with Crippen LogP contribution >= 0.6 is 11.6 Å². The second-order valence-corrected chi connectivity index (χ2v) is 5.32. The summed E-state index contributed by atoms with van der Waals surface area (Å²) in [6, 6.07) is 4.96. The molecule has 2 rings (SSSR count). The summed E-state index contributed by atoms with van der Waals surface area (Å²) in [6.07, 6.45) is 0.262. The van der Waals surface area contributed by atoms with Crippen molar-refractivity contribution in [3.05, 3.63) is 34.3 Å².